The lowest BCUT2D eigenvalue weighted by Gasteiger charge is -2.26. The number of aliphatic hydroxyl groups is 1. The quantitative estimate of drug-likeness (QED) is 0.236. The predicted octanol–water partition coefficient (Wildman–Crippen LogP) is 3.51. The van der Waals surface area contributed by atoms with Crippen LogP contribution in [0.3, 0.4) is 0 Å². The number of nitrogens with zero attached hydrogens (tertiary/aromatic N) is 1. The minimum Gasteiger partial charge on any atom is -0.508 e. The lowest BCUT2D eigenvalue weighted by Crippen LogP contribution is -2.29. The molecule has 2 N–H and O–H groups in total. The minimum atomic E-state index is -0.972. The molecule has 2 heterocycles. The van der Waals surface area contributed by atoms with Crippen molar-refractivity contribution in [3.05, 3.63) is 89.0 Å². The van der Waals surface area contributed by atoms with E-state index in [0.717, 1.165) is 0 Å². The molecule has 1 saturated heterocycles. The summed E-state index contributed by atoms with van der Waals surface area (Å²) in [6.07, 6.45) is 0.0566. The van der Waals surface area contributed by atoms with Gasteiger partial charge >= 0.3 is 5.97 Å². The van der Waals surface area contributed by atoms with Crippen LogP contribution in [0, 0.1) is 0 Å². The van der Waals surface area contributed by atoms with Gasteiger partial charge in [0.1, 0.15) is 24.7 Å². The Morgan fingerprint density at radius 3 is 2.32 bits per heavy atom. The normalized spacial score (nSPS) is 18.1. The number of phenolic OH excluding ortho intramolecular Hbond substituents is 1. The number of fused-ring (bicyclic) bond motifs is 1. The van der Waals surface area contributed by atoms with Crippen LogP contribution in [0.1, 0.15) is 22.7 Å². The Bertz CT molecular complexity index is 1410. The van der Waals surface area contributed by atoms with Crippen LogP contribution in [0.5, 0.6) is 17.2 Å². The maximum atomic E-state index is 13.3. The fourth-order valence-corrected chi connectivity index (χ4v) is 4.43. The Kier molecular flexibility index (Phi) is 6.27. The van der Waals surface area contributed by atoms with Gasteiger partial charge in [-0.15, -0.1) is 0 Å². The van der Waals surface area contributed by atoms with Gasteiger partial charge in [-0.1, -0.05) is 24.3 Å². The molecule has 1 amide bonds. The van der Waals surface area contributed by atoms with Crippen molar-refractivity contribution in [1.82, 2.24) is 0 Å². The molecular formula is C28H23NO8. The van der Waals surface area contributed by atoms with Crippen LogP contribution < -0.4 is 14.4 Å². The molecule has 0 saturated carbocycles. The average Bonchev–Trinajstić information content (AvgIpc) is 3.18. The summed E-state index contributed by atoms with van der Waals surface area (Å²) in [7, 11) is 1.30. The molecule has 37 heavy (non-hydrogen) atoms. The maximum Gasteiger partial charge on any atom is 0.309 e. The van der Waals surface area contributed by atoms with Crippen LogP contribution in [0.4, 0.5) is 5.69 Å². The summed E-state index contributed by atoms with van der Waals surface area (Å²) in [5, 5.41) is 21.1. The van der Waals surface area contributed by atoms with Crippen molar-refractivity contribution in [3.8, 4) is 17.2 Å². The first-order chi connectivity index (χ1) is 17.9. The summed E-state index contributed by atoms with van der Waals surface area (Å²) in [6, 6.07) is 16.5. The lowest BCUT2D eigenvalue weighted by atomic mass is 9.95. The van der Waals surface area contributed by atoms with E-state index in [0.29, 0.717) is 47.1 Å². The highest BCUT2D eigenvalue weighted by Gasteiger charge is 2.47. The Balaban J connectivity index is 1.61. The molecule has 0 spiro atoms. The molecule has 9 heteroatoms. The van der Waals surface area contributed by atoms with Crippen LogP contribution in [0.2, 0.25) is 0 Å². The molecule has 1 fully saturated rings. The number of carbonyl (C=O) groups is 3. The number of hydrogen-bond acceptors (Lipinski definition) is 8. The number of aromatic hydroxyl groups is 1. The van der Waals surface area contributed by atoms with Gasteiger partial charge in [0.05, 0.1) is 25.1 Å². The van der Waals surface area contributed by atoms with Gasteiger partial charge in [0.25, 0.3) is 11.7 Å². The number of esters is 1. The third-order valence-corrected chi connectivity index (χ3v) is 6.26. The number of Topliss-reactive ketones (excluding diaryl/α,β-unsaturated/α-hetero) is 1. The van der Waals surface area contributed by atoms with Gasteiger partial charge in [-0.25, -0.2) is 0 Å². The predicted molar refractivity (Wildman–Crippen MR) is 132 cm³/mol. The van der Waals surface area contributed by atoms with Crippen LogP contribution in [-0.2, 0) is 25.5 Å². The number of amides is 1. The monoisotopic (exact) mass is 501 g/mol. The fourth-order valence-electron chi connectivity index (χ4n) is 4.43. The molecule has 1 atom stereocenters. The van der Waals surface area contributed by atoms with Crippen LogP contribution >= 0.6 is 0 Å². The molecular weight excluding hydrogens is 478 g/mol. The molecule has 0 bridgehead atoms. The second-order valence-corrected chi connectivity index (χ2v) is 8.54. The van der Waals surface area contributed by atoms with Crippen molar-refractivity contribution in [2.75, 3.05) is 25.2 Å². The Hall–Kier alpha value is -4.79. The third kappa shape index (κ3) is 4.47. The number of anilines is 1. The maximum absolute atomic E-state index is 13.3. The molecule has 2 aliphatic heterocycles. The number of aliphatic hydroxyl groups excluding tert-OH is 1. The number of rotatable bonds is 5. The lowest BCUT2D eigenvalue weighted by molar-refractivity contribution is -0.139. The number of ether oxygens (including phenoxy) is 3. The number of phenols is 1. The average molecular weight is 501 g/mol. The van der Waals surface area contributed by atoms with E-state index < -0.39 is 23.7 Å². The van der Waals surface area contributed by atoms with Gasteiger partial charge in [0.15, 0.2) is 11.5 Å². The Labute approximate surface area is 212 Å². The highest BCUT2D eigenvalue weighted by Crippen LogP contribution is 2.43. The van der Waals surface area contributed by atoms with E-state index in [4.69, 9.17) is 14.2 Å². The van der Waals surface area contributed by atoms with Crippen molar-refractivity contribution in [2.24, 2.45) is 0 Å². The van der Waals surface area contributed by atoms with Crippen molar-refractivity contribution in [2.45, 2.75) is 12.5 Å². The third-order valence-electron chi connectivity index (χ3n) is 6.26. The zero-order valence-electron chi connectivity index (χ0n) is 19.8. The largest absolute Gasteiger partial charge is 0.508 e. The molecule has 1 unspecified atom stereocenters. The van der Waals surface area contributed by atoms with Crippen LogP contribution in [-0.4, -0.2) is 48.2 Å². The van der Waals surface area contributed by atoms with E-state index in [2.05, 4.69) is 0 Å². The molecule has 3 aromatic rings. The summed E-state index contributed by atoms with van der Waals surface area (Å²) in [4.78, 5) is 39.5. The second kappa shape index (κ2) is 9.69. The first kappa shape index (κ1) is 23.9. The molecule has 5 rings (SSSR count). The van der Waals surface area contributed by atoms with Gasteiger partial charge in [0, 0.05) is 11.3 Å². The molecule has 0 aromatic heterocycles. The van der Waals surface area contributed by atoms with Gasteiger partial charge < -0.3 is 24.4 Å². The van der Waals surface area contributed by atoms with E-state index in [1.807, 2.05) is 0 Å². The minimum absolute atomic E-state index is 0.0136. The second-order valence-electron chi connectivity index (χ2n) is 8.54. The van der Waals surface area contributed by atoms with Crippen molar-refractivity contribution < 1.29 is 38.8 Å². The van der Waals surface area contributed by atoms with E-state index in [1.54, 1.807) is 54.6 Å². The van der Waals surface area contributed by atoms with E-state index >= 15 is 0 Å². The first-order valence-electron chi connectivity index (χ1n) is 11.5. The van der Waals surface area contributed by atoms with Gasteiger partial charge in [-0.3, -0.25) is 19.3 Å². The van der Waals surface area contributed by atoms with E-state index in [-0.39, 0.29) is 23.5 Å². The number of carbonyl (C=O) groups excluding carboxylic acids is 3. The smallest absolute Gasteiger partial charge is 0.309 e. The van der Waals surface area contributed by atoms with Gasteiger partial charge in [-0.05, 0) is 53.6 Å². The summed E-state index contributed by atoms with van der Waals surface area (Å²) in [5.41, 5.74) is 1.76. The summed E-state index contributed by atoms with van der Waals surface area (Å²) >= 11 is 0. The van der Waals surface area contributed by atoms with Crippen molar-refractivity contribution >= 4 is 29.1 Å². The zero-order chi connectivity index (χ0) is 26.1. The molecule has 0 radical (unpaired) electrons. The van der Waals surface area contributed by atoms with Gasteiger partial charge in [-0.2, -0.15) is 0 Å². The van der Waals surface area contributed by atoms with E-state index in [1.165, 1.54) is 24.1 Å². The number of benzene rings is 3. The first-order valence-corrected chi connectivity index (χ1v) is 11.5. The highest BCUT2D eigenvalue weighted by molar-refractivity contribution is 6.51. The fraction of sp³-hybridized carbons (Fsp3) is 0.179. The standard InChI is InChI=1S/C28H23NO8/c1-35-23(31)14-16-2-7-19(8-3-16)29-25(17-4-9-20(30)10-5-17)24(27(33)28(29)34)26(32)18-6-11-21-22(15-18)37-13-12-36-21/h2-11,15,25,30,32H,12-14H2,1H3/b26-24-. The molecule has 3 aromatic carbocycles. The molecule has 2 aliphatic rings. The summed E-state index contributed by atoms with van der Waals surface area (Å²) < 4.78 is 15.8. The van der Waals surface area contributed by atoms with Crippen LogP contribution in [0.25, 0.3) is 5.76 Å². The molecule has 9 nitrogen and oxygen atoms in total. The zero-order valence-corrected chi connectivity index (χ0v) is 19.8. The number of methoxy groups -OCH3 is 1. The van der Waals surface area contributed by atoms with Gasteiger partial charge in [0.2, 0.25) is 0 Å². The number of ketones is 1. The Morgan fingerprint density at radius 2 is 1.65 bits per heavy atom. The Morgan fingerprint density at radius 1 is 0.973 bits per heavy atom. The topological polar surface area (TPSA) is 123 Å². The molecule has 188 valence electrons. The number of hydrogen-bond donors (Lipinski definition) is 2. The SMILES string of the molecule is COC(=O)Cc1ccc(N2C(=O)C(=O)/C(=C(\O)c3ccc4c(c3)OCCO4)C2c2ccc(O)cc2)cc1. The highest BCUT2D eigenvalue weighted by atomic mass is 16.6. The summed E-state index contributed by atoms with van der Waals surface area (Å²) in [5.74, 6) is -1.49. The van der Waals surface area contributed by atoms with Crippen LogP contribution in [0.15, 0.2) is 72.3 Å². The van der Waals surface area contributed by atoms with E-state index in [9.17, 15) is 24.6 Å². The van der Waals surface area contributed by atoms with Crippen molar-refractivity contribution in [3.63, 3.8) is 0 Å². The molecule has 0 aliphatic carbocycles. The van der Waals surface area contributed by atoms with Crippen molar-refractivity contribution in [1.29, 1.82) is 0 Å². The summed E-state index contributed by atoms with van der Waals surface area (Å²) in [6.45, 7) is 0.754.